The van der Waals surface area contributed by atoms with Crippen LogP contribution in [0.3, 0.4) is 0 Å². The number of carbonyl (C=O) groups excluding carboxylic acids is 3. The zero-order chi connectivity index (χ0) is 22.1. The van der Waals surface area contributed by atoms with Gasteiger partial charge in [0.1, 0.15) is 11.0 Å². The standard InChI is InChI=1S/C20H23ClFN3O4/c1-10-8-12(6-7-13(10)22)23-18(28)14-11(2)15(25(5)17(14)21)16(27)19(29)24-20(3,4)9-26/h6-8,26H,9H2,1-5H3,(H,23,28)(H,24,29). The number of nitrogens with one attached hydrogen (secondary N) is 2. The van der Waals surface area contributed by atoms with Crippen molar-refractivity contribution < 1.29 is 23.9 Å². The van der Waals surface area contributed by atoms with Crippen LogP contribution in [-0.4, -0.2) is 39.4 Å². The van der Waals surface area contributed by atoms with E-state index in [4.69, 9.17) is 11.6 Å². The maximum Gasteiger partial charge on any atom is 0.294 e. The van der Waals surface area contributed by atoms with Crippen molar-refractivity contribution in [2.75, 3.05) is 11.9 Å². The second kappa shape index (κ2) is 8.34. The van der Waals surface area contributed by atoms with Crippen LogP contribution in [0.15, 0.2) is 18.2 Å². The van der Waals surface area contributed by atoms with Gasteiger partial charge in [-0.1, -0.05) is 11.6 Å². The Hall–Kier alpha value is -2.71. The van der Waals surface area contributed by atoms with Crippen LogP contribution >= 0.6 is 11.6 Å². The van der Waals surface area contributed by atoms with E-state index >= 15 is 0 Å². The Bertz CT molecular complexity index is 998. The molecule has 0 saturated carbocycles. The van der Waals surface area contributed by atoms with Gasteiger partial charge in [-0.05, 0) is 57.0 Å². The molecule has 1 heterocycles. The molecule has 0 aliphatic heterocycles. The minimum absolute atomic E-state index is 0.0172. The number of aliphatic hydroxyl groups is 1. The van der Waals surface area contributed by atoms with Gasteiger partial charge in [-0.15, -0.1) is 0 Å². The van der Waals surface area contributed by atoms with Crippen molar-refractivity contribution in [1.29, 1.82) is 0 Å². The normalized spacial score (nSPS) is 11.3. The lowest BCUT2D eigenvalue weighted by Crippen LogP contribution is -2.49. The van der Waals surface area contributed by atoms with Crippen molar-refractivity contribution in [3.05, 3.63) is 51.6 Å². The molecule has 2 rings (SSSR count). The number of hydrogen-bond acceptors (Lipinski definition) is 4. The van der Waals surface area contributed by atoms with Crippen molar-refractivity contribution in [3.8, 4) is 0 Å². The smallest absolute Gasteiger partial charge is 0.294 e. The first-order valence-electron chi connectivity index (χ1n) is 8.79. The third kappa shape index (κ3) is 4.65. The van der Waals surface area contributed by atoms with Crippen LogP contribution in [0.2, 0.25) is 5.15 Å². The summed E-state index contributed by atoms with van der Waals surface area (Å²) < 4.78 is 14.7. The second-order valence-corrected chi connectivity index (χ2v) is 7.80. The monoisotopic (exact) mass is 423 g/mol. The van der Waals surface area contributed by atoms with E-state index in [1.54, 1.807) is 20.8 Å². The molecule has 9 heteroatoms. The lowest BCUT2D eigenvalue weighted by molar-refractivity contribution is -0.119. The molecule has 2 aromatic rings. The molecule has 0 aliphatic carbocycles. The van der Waals surface area contributed by atoms with E-state index in [-0.39, 0.29) is 28.6 Å². The number of ketones is 1. The van der Waals surface area contributed by atoms with Gasteiger partial charge < -0.3 is 20.3 Å². The third-order valence-electron chi connectivity index (χ3n) is 4.48. The maximum absolute atomic E-state index is 13.4. The molecule has 0 atom stereocenters. The number of carbonyl (C=O) groups is 3. The van der Waals surface area contributed by atoms with Gasteiger partial charge in [0.15, 0.2) is 0 Å². The molecule has 2 amide bonds. The number of nitrogens with zero attached hydrogens (tertiary/aromatic N) is 1. The van der Waals surface area contributed by atoms with Gasteiger partial charge in [0.05, 0.1) is 23.4 Å². The number of hydrogen-bond donors (Lipinski definition) is 3. The molecule has 0 bridgehead atoms. The number of Topliss-reactive ketones (excluding diaryl/α,β-unsaturated/α-hetero) is 1. The summed E-state index contributed by atoms with van der Waals surface area (Å²) in [4.78, 5) is 37.7. The highest BCUT2D eigenvalue weighted by molar-refractivity contribution is 6.44. The SMILES string of the molecule is Cc1cc(NC(=O)c2c(C)c(C(=O)C(=O)NC(C)(C)CO)n(C)c2Cl)ccc1F. The molecule has 0 fully saturated rings. The van der Waals surface area contributed by atoms with Gasteiger partial charge in [-0.3, -0.25) is 14.4 Å². The van der Waals surface area contributed by atoms with Crippen LogP contribution in [0.25, 0.3) is 0 Å². The summed E-state index contributed by atoms with van der Waals surface area (Å²) in [6, 6.07) is 4.10. The molecule has 29 heavy (non-hydrogen) atoms. The highest BCUT2D eigenvalue weighted by Crippen LogP contribution is 2.28. The molecule has 1 aromatic carbocycles. The Morgan fingerprint density at radius 1 is 1.24 bits per heavy atom. The number of halogens is 2. The lowest BCUT2D eigenvalue weighted by Gasteiger charge is -2.22. The Morgan fingerprint density at radius 2 is 1.86 bits per heavy atom. The molecule has 0 unspecified atom stereocenters. The molecule has 1 aromatic heterocycles. The fourth-order valence-electron chi connectivity index (χ4n) is 2.80. The van der Waals surface area contributed by atoms with Crippen LogP contribution in [0.1, 0.15) is 45.8 Å². The number of amides is 2. The van der Waals surface area contributed by atoms with Crippen molar-refractivity contribution in [3.63, 3.8) is 0 Å². The van der Waals surface area contributed by atoms with Gasteiger partial charge >= 0.3 is 0 Å². The minimum atomic E-state index is -0.990. The number of rotatable bonds is 6. The molecule has 7 nitrogen and oxygen atoms in total. The summed E-state index contributed by atoms with van der Waals surface area (Å²) in [6.45, 7) is 5.84. The Balaban J connectivity index is 2.36. The zero-order valence-corrected chi connectivity index (χ0v) is 17.6. The average Bonchev–Trinajstić information content (AvgIpc) is 2.86. The summed E-state index contributed by atoms with van der Waals surface area (Å²) in [7, 11) is 1.46. The molecular formula is C20H23ClFN3O4. The first-order chi connectivity index (χ1) is 13.4. The van der Waals surface area contributed by atoms with Gasteiger partial charge in [0.2, 0.25) is 0 Å². The van der Waals surface area contributed by atoms with Gasteiger partial charge in [-0.2, -0.15) is 0 Å². The minimum Gasteiger partial charge on any atom is -0.394 e. The molecule has 0 radical (unpaired) electrons. The van der Waals surface area contributed by atoms with Gasteiger partial charge in [0, 0.05) is 12.7 Å². The fourth-order valence-corrected chi connectivity index (χ4v) is 3.12. The van der Waals surface area contributed by atoms with Crippen LogP contribution < -0.4 is 10.6 Å². The van der Waals surface area contributed by atoms with E-state index in [1.165, 1.54) is 36.7 Å². The van der Waals surface area contributed by atoms with E-state index in [0.717, 1.165) is 0 Å². The number of aliphatic hydroxyl groups excluding tert-OH is 1. The van der Waals surface area contributed by atoms with E-state index in [9.17, 15) is 23.9 Å². The third-order valence-corrected chi connectivity index (χ3v) is 4.92. The van der Waals surface area contributed by atoms with Crippen molar-refractivity contribution in [2.24, 2.45) is 7.05 Å². The molecule has 0 spiro atoms. The summed E-state index contributed by atoms with van der Waals surface area (Å²) in [5, 5.41) is 14.3. The van der Waals surface area contributed by atoms with E-state index < -0.39 is 29.0 Å². The number of anilines is 1. The van der Waals surface area contributed by atoms with E-state index in [2.05, 4.69) is 10.6 Å². The summed E-state index contributed by atoms with van der Waals surface area (Å²) in [5.74, 6) is -2.80. The lowest BCUT2D eigenvalue weighted by atomic mass is 10.1. The predicted octanol–water partition coefficient (Wildman–Crippen LogP) is 2.76. The van der Waals surface area contributed by atoms with Crippen molar-refractivity contribution in [1.82, 2.24) is 9.88 Å². The average molecular weight is 424 g/mol. The fraction of sp³-hybridized carbons (Fsp3) is 0.350. The predicted molar refractivity (Wildman–Crippen MR) is 108 cm³/mol. The first kappa shape index (κ1) is 22.6. The van der Waals surface area contributed by atoms with Crippen molar-refractivity contribution in [2.45, 2.75) is 33.2 Å². The largest absolute Gasteiger partial charge is 0.394 e. The molecule has 3 N–H and O–H groups in total. The summed E-state index contributed by atoms with van der Waals surface area (Å²) in [5.41, 5.74) is -0.0385. The number of aromatic nitrogens is 1. The molecule has 0 aliphatic rings. The number of aryl methyl sites for hydroxylation is 1. The van der Waals surface area contributed by atoms with Crippen LogP contribution in [0.4, 0.5) is 10.1 Å². The summed E-state index contributed by atoms with van der Waals surface area (Å²) in [6.07, 6.45) is 0. The Morgan fingerprint density at radius 3 is 2.41 bits per heavy atom. The topological polar surface area (TPSA) is 100 Å². The van der Waals surface area contributed by atoms with Gasteiger partial charge in [0.25, 0.3) is 17.6 Å². The molecular weight excluding hydrogens is 401 g/mol. The summed E-state index contributed by atoms with van der Waals surface area (Å²) >= 11 is 6.26. The van der Waals surface area contributed by atoms with Crippen LogP contribution in [0, 0.1) is 19.7 Å². The van der Waals surface area contributed by atoms with Crippen LogP contribution in [0.5, 0.6) is 0 Å². The Labute approximate surface area is 172 Å². The molecule has 0 saturated heterocycles. The quantitative estimate of drug-likeness (QED) is 0.491. The van der Waals surface area contributed by atoms with Gasteiger partial charge in [-0.25, -0.2) is 4.39 Å². The molecule has 156 valence electrons. The highest BCUT2D eigenvalue weighted by Gasteiger charge is 2.31. The highest BCUT2D eigenvalue weighted by atomic mass is 35.5. The first-order valence-corrected chi connectivity index (χ1v) is 9.17. The second-order valence-electron chi connectivity index (χ2n) is 7.44. The Kier molecular flexibility index (Phi) is 6.50. The van der Waals surface area contributed by atoms with Crippen molar-refractivity contribution >= 4 is 34.9 Å². The van der Waals surface area contributed by atoms with E-state index in [0.29, 0.717) is 11.3 Å². The van der Waals surface area contributed by atoms with Crippen LogP contribution in [-0.2, 0) is 11.8 Å². The number of benzene rings is 1. The maximum atomic E-state index is 13.4. The zero-order valence-electron chi connectivity index (χ0n) is 16.8. The van der Waals surface area contributed by atoms with E-state index in [1.807, 2.05) is 0 Å².